The summed E-state index contributed by atoms with van der Waals surface area (Å²) in [4.78, 5) is 10.6. The molecule has 2 aromatic heterocycles. The first kappa shape index (κ1) is 12.6. The van der Waals surface area contributed by atoms with Gasteiger partial charge in [0.1, 0.15) is 11.3 Å². The van der Waals surface area contributed by atoms with E-state index in [1.54, 1.807) is 24.7 Å². The Bertz CT molecular complexity index is 748. The number of imidazole rings is 1. The lowest BCUT2D eigenvalue weighted by atomic mass is 10.2. The van der Waals surface area contributed by atoms with E-state index in [2.05, 4.69) is 9.97 Å². The van der Waals surface area contributed by atoms with E-state index < -0.39 is 0 Å². The van der Waals surface area contributed by atoms with Crippen molar-refractivity contribution in [3.05, 3.63) is 54.2 Å². The van der Waals surface area contributed by atoms with Gasteiger partial charge in [-0.2, -0.15) is 0 Å². The van der Waals surface area contributed by atoms with E-state index >= 15 is 0 Å². The summed E-state index contributed by atoms with van der Waals surface area (Å²) in [7, 11) is 3.86. The molecule has 2 heterocycles. The van der Waals surface area contributed by atoms with Crippen LogP contribution in [0.25, 0.3) is 11.0 Å². The van der Waals surface area contributed by atoms with Crippen molar-refractivity contribution >= 4 is 16.9 Å². The maximum atomic E-state index is 13.7. The number of fused-ring (bicyclic) bond motifs is 1. The molecule has 0 aliphatic carbocycles. The number of pyridine rings is 1. The number of halogens is 1. The third kappa shape index (κ3) is 2.11. The van der Waals surface area contributed by atoms with Crippen LogP contribution in [0.5, 0.6) is 0 Å². The van der Waals surface area contributed by atoms with Crippen LogP contribution in [0, 0.1) is 5.82 Å². The largest absolute Gasteiger partial charge is 0.361 e. The minimum atomic E-state index is -0.198. The Morgan fingerprint density at radius 1 is 1.15 bits per heavy atom. The van der Waals surface area contributed by atoms with Gasteiger partial charge in [0.25, 0.3) is 0 Å². The van der Waals surface area contributed by atoms with Gasteiger partial charge in [0.05, 0.1) is 18.4 Å². The first-order valence-electron chi connectivity index (χ1n) is 6.37. The van der Waals surface area contributed by atoms with Gasteiger partial charge >= 0.3 is 0 Å². The second kappa shape index (κ2) is 4.92. The van der Waals surface area contributed by atoms with Gasteiger partial charge in [-0.25, -0.2) is 14.4 Å². The van der Waals surface area contributed by atoms with Crippen LogP contribution in [0.1, 0.15) is 5.56 Å². The van der Waals surface area contributed by atoms with Crippen LogP contribution < -0.4 is 4.90 Å². The van der Waals surface area contributed by atoms with E-state index in [-0.39, 0.29) is 5.82 Å². The SMILES string of the molecule is CN(C)c1nccc2c1ncn2Cc1ccccc1F. The fraction of sp³-hybridized carbons (Fsp3) is 0.200. The molecule has 4 nitrogen and oxygen atoms in total. The molecule has 3 rings (SSSR count). The molecule has 0 aliphatic heterocycles. The Hall–Kier alpha value is -2.43. The molecule has 0 amide bonds. The van der Waals surface area contributed by atoms with Crippen molar-refractivity contribution < 1.29 is 4.39 Å². The van der Waals surface area contributed by atoms with Crippen molar-refractivity contribution in [1.29, 1.82) is 0 Å². The number of benzene rings is 1. The van der Waals surface area contributed by atoms with Gasteiger partial charge in [-0.1, -0.05) is 18.2 Å². The molecule has 0 unspecified atom stereocenters. The van der Waals surface area contributed by atoms with Crippen LogP contribution in [0.15, 0.2) is 42.9 Å². The summed E-state index contributed by atoms with van der Waals surface area (Å²) in [6, 6.07) is 8.69. The maximum Gasteiger partial charge on any atom is 0.156 e. The zero-order valence-electron chi connectivity index (χ0n) is 11.4. The number of hydrogen-bond donors (Lipinski definition) is 0. The average Bonchev–Trinajstić information content (AvgIpc) is 2.84. The molecule has 0 N–H and O–H groups in total. The monoisotopic (exact) mass is 270 g/mol. The minimum absolute atomic E-state index is 0.198. The van der Waals surface area contributed by atoms with Crippen LogP contribution >= 0.6 is 0 Å². The zero-order valence-corrected chi connectivity index (χ0v) is 11.4. The molecular weight excluding hydrogens is 255 g/mol. The van der Waals surface area contributed by atoms with Gasteiger partial charge in [-0.15, -0.1) is 0 Å². The van der Waals surface area contributed by atoms with Crippen molar-refractivity contribution in [3.8, 4) is 0 Å². The maximum absolute atomic E-state index is 13.7. The molecule has 0 spiro atoms. The molecule has 20 heavy (non-hydrogen) atoms. The molecule has 0 aliphatic rings. The normalized spacial score (nSPS) is 10.9. The first-order valence-corrected chi connectivity index (χ1v) is 6.37. The molecule has 0 fully saturated rings. The zero-order chi connectivity index (χ0) is 14.1. The fourth-order valence-corrected chi connectivity index (χ4v) is 2.24. The molecule has 102 valence electrons. The summed E-state index contributed by atoms with van der Waals surface area (Å²) < 4.78 is 15.7. The molecule has 0 saturated heterocycles. The van der Waals surface area contributed by atoms with Gasteiger partial charge in [0, 0.05) is 25.9 Å². The van der Waals surface area contributed by atoms with Crippen molar-refractivity contribution in [2.45, 2.75) is 6.54 Å². The van der Waals surface area contributed by atoms with E-state index in [0.717, 1.165) is 16.9 Å². The van der Waals surface area contributed by atoms with Crippen LogP contribution in [0.4, 0.5) is 10.2 Å². The Labute approximate surface area is 116 Å². The van der Waals surface area contributed by atoms with E-state index in [1.165, 1.54) is 6.07 Å². The van der Waals surface area contributed by atoms with Gasteiger partial charge in [-0.3, -0.25) is 0 Å². The second-order valence-electron chi connectivity index (χ2n) is 4.86. The fourth-order valence-electron chi connectivity index (χ4n) is 2.24. The van der Waals surface area contributed by atoms with Crippen LogP contribution in [0.2, 0.25) is 0 Å². The standard InChI is InChI=1S/C15H15FN4/c1-19(2)15-14-13(7-8-17-15)20(10-18-14)9-11-5-3-4-6-12(11)16/h3-8,10H,9H2,1-2H3. The lowest BCUT2D eigenvalue weighted by molar-refractivity contribution is 0.601. The summed E-state index contributed by atoms with van der Waals surface area (Å²) in [6.07, 6.45) is 3.48. The Kier molecular flexibility index (Phi) is 3.10. The van der Waals surface area contributed by atoms with Gasteiger partial charge in [-0.05, 0) is 12.1 Å². The molecule has 0 bridgehead atoms. The summed E-state index contributed by atoms with van der Waals surface area (Å²) in [5.41, 5.74) is 2.43. The molecule has 1 aromatic carbocycles. The number of anilines is 1. The van der Waals surface area contributed by atoms with Crippen molar-refractivity contribution in [3.63, 3.8) is 0 Å². The van der Waals surface area contributed by atoms with Crippen molar-refractivity contribution in [1.82, 2.24) is 14.5 Å². The molecule has 0 saturated carbocycles. The highest BCUT2D eigenvalue weighted by molar-refractivity contribution is 5.86. The first-order chi connectivity index (χ1) is 9.66. The van der Waals surface area contributed by atoms with E-state index in [1.807, 2.05) is 35.7 Å². The summed E-state index contributed by atoms with van der Waals surface area (Å²) in [5, 5.41) is 0. The third-order valence-corrected chi connectivity index (χ3v) is 3.24. The summed E-state index contributed by atoms with van der Waals surface area (Å²) in [6.45, 7) is 0.458. The van der Waals surface area contributed by atoms with Crippen molar-refractivity contribution in [2.75, 3.05) is 19.0 Å². The molecule has 3 aromatic rings. The van der Waals surface area contributed by atoms with Gasteiger partial charge in [0.2, 0.25) is 0 Å². The number of rotatable bonds is 3. The highest BCUT2D eigenvalue weighted by Gasteiger charge is 2.11. The van der Waals surface area contributed by atoms with E-state index in [4.69, 9.17) is 0 Å². The van der Waals surface area contributed by atoms with Gasteiger partial charge < -0.3 is 9.47 Å². The predicted molar refractivity (Wildman–Crippen MR) is 77.4 cm³/mol. The van der Waals surface area contributed by atoms with Crippen LogP contribution in [-0.2, 0) is 6.54 Å². The molecule has 0 atom stereocenters. The lowest BCUT2D eigenvalue weighted by Gasteiger charge is -2.11. The second-order valence-corrected chi connectivity index (χ2v) is 4.86. The van der Waals surface area contributed by atoms with E-state index in [0.29, 0.717) is 12.1 Å². The minimum Gasteiger partial charge on any atom is -0.361 e. The summed E-state index contributed by atoms with van der Waals surface area (Å²) in [5.74, 6) is 0.617. The molecule has 0 radical (unpaired) electrons. The Morgan fingerprint density at radius 3 is 2.70 bits per heavy atom. The predicted octanol–water partition coefficient (Wildman–Crippen LogP) is 2.68. The Balaban J connectivity index is 2.06. The van der Waals surface area contributed by atoms with E-state index in [9.17, 15) is 4.39 Å². The van der Waals surface area contributed by atoms with Crippen molar-refractivity contribution in [2.24, 2.45) is 0 Å². The average molecular weight is 270 g/mol. The number of hydrogen-bond acceptors (Lipinski definition) is 3. The smallest absolute Gasteiger partial charge is 0.156 e. The lowest BCUT2D eigenvalue weighted by Crippen LogP contribution is -2.11. The summed E-state index contributed by atoms with van der Waals surface area (Å²) >= 11 is 0. The number of nitrogens with zero attached hydrogens (tertiary/aromatic N) is 4. The highest BCUT2D eigenvalue weighted by atomic mass is 19.1. The quantitative estimate of drug-likeness (QED) is 0.733. The molecule has 5 heteroatoms. The Morgan fingerprint density at radius 2 is 1.95 bits per heavy atom. The highest BCUT2D eigenvalue weighted by Crippen LogP contribution is 2.22. The molecular formula is C15H15FN4. The van der Waals surface area contributed by atoms with Crippen LogP contribution in [-0.4, -0.2) is 28.6 Å². The topological polar surface area (TPSA) is 34.0 Å². The van der Waals surface area contributed by atoms with Gasteiger partial charge in [0.15, 0.2) is 5.82 Å². The number of aromatic nitrogens is 3. The third-order valence-electron chi connectivity index (χ3n) is 3.24. The van der Waals surface area contributed by atoms with Crippen LogP contribution in [0.3, 0.4) is 0 Å².